The van der Waals surface area contributed by atoms with E-state index in [1.165, 1.54) is 23.9 Å². The smallest absolute Gasteiger partial charge is 0.234 e. The number of hydrogen-bond donors (Lipinski definition) is 1. The minimum atomic E-state index is -0.403. The van der Waals surface area contributed by atoms with E-state index in [1.807, 2.05) is 54.0 Å². The minimum absolute atomic E-state index is 0.0999. The second kappa shape index (κ2) is 8.87. The van der Waals surface area contributed by atoms with Gasteiger partial charge in [-0.2, -0.15) is 0 Å². The number of nitrogens with one attached hydrogen (secondary N) is 1. The molecule has 30 heavy (non-hydrogen) atoms. The average molecular weight is 419 g/mol. The quantitative estimate of drug-likeness (QED) is 0.466. The first-order valence-corrected chi connectivity index (χ1v) is 10.2. The highest BCUT2D eigenvalue weighted by Gasteiger charge is 2.18. The van der Waals surface area contributed by atoms with E-state index >= 15 is 0 Å². The molecule has 0 atom stereocenters. The van der Waals surface area contributed by atoms with Crippen LogP contribution in [0.4, 0.5) is 10.1 Å². The van der Waals surface area contributed by atoms with E-state index in [0.717, 1.165) is 11.3 Å². The van der Waals surface area contributed by atoms with Crippen LogP contribution in [-0.2, 0) is 4.79 Å². The van der Waals surface area contributed by atoms with E-state index in [1.54, 1.807) is 18.3 Å². The third-order valence-corrected chi connectivity index (χ3v) is 5.19. The summed E-state index contributed by atoms with van der Waals surface area (Å²) in [6.07, 6.45) is 1.70. The Bertz CT molecular complexity index is 1160. The summed E-state index contributed by atoms with van der Waals surface area (Å²) in [5.74, 6) is 0.0263. The molecule has 1 N–H and O–H groups in total. The fourth-order valence-corrected chi connectivity index (χ4v) is 3.60. The number of rotatable bonds is 6. The molecule has 0 fully saturated rings. The zero-order valence-electron chi connectivity index (χ0n) is 16.1. The number of carbonyl (C=O) groups excluding carboxylic acids is 1. The van der Waals surface area contributed by atoms with Crippen molar-refractivity contribution in [1.82, 2.24) is 19.7 Å². The molecular weight excluding hydrogens is 401 g/mol. The Balaban J connectivity index is 1.59. The van der Waals surface area contributed by atoms with Crippen molar-refractivity contribution in [2.24, 2.45) is 0 Å². The summed E-state index contributed by atoms with van der Waals surface area (Å²) in [7, 11) is 0. The molecular formula is C22H18FN5OS. The van der Waals surface area contributed by atoms with Crippen molar-refractivity contribution in [3.05, 3.63) is 84.3 Å². The molecule has 0 radical (unpaired) electrons. The number of aryl methyl sites for hydroxylation is 1. The molecule has 0 aliphatic heterocycles. The van der Waals surface area contributed by atoms with Crippen molar-refractivity contribution in [3.63, 3.8) is 0 Å². The molecule has 0 aliphatic rings. The molecule has 2 heterocycles. The van der Waals surface area contributed by atoms with Crippen LogP contribution in [0.15, 0.2) is 78.1 Å². The van der Waals surface area contributed by atoms with Crippen molar-refractivity contribution in [1.29, 1.82) is 0 Å². The summed E-state index contributed by atoms with van der Waals surface area (Å²) in [5, 5.41) is 11.8. The third kappa shape index (κ3) is 4.55. The van der Waals surface area contributed by atoms with Gasteiger partial charge in [0.15, 0.2) is 11.0 Å². The van der Waals surface area contributed by atoms with Gasteiger partial charge in [0.2, 0.25) is 5.91 Å². The number of amides is 1. The van der Waals surface area contributed by atoms with Crippen LogP contribution in [0.2, 0.25) is 0 Å². The van der Waals surface area contributed by atoms with E-state index in [0.29, 0.717) is 22.4 Å². The Kier molecular flexibility index (Phi) is 5.85. The number of carbonyl (C=O) groups is 1. The van der Waals surface area contributed by atoms with Crippen molar-refractivity contribution in [2.75, 3.05) is 11.1 Å². The molecule has 4 aromatic rings. The van der Waals surface area contributed by atoms with E-state index < -0.39 is 5.82 Å². The predicted molar refractivity (Wildman–Crippen MR) is 115 cm³/mol. The van der Waals surface area contributed by atoms with Gasteiger partial charge in [-0.15, -0.1) is 10.2 Å². The van der Waals surface area contributed by atoms with E-state index in [2.05, 4.69) is 20.5 Å². The lowest BCUT2D eigenvalue weighted by Gasteiger charge is -2.10. The van der Waals surface area contributed by atoms with Gasteiger partial charge >= 0.3 is 0 Å². The van der Waals surface area contributed by atoms with Gasteiger partial charge < -0.3 is 5.32 Å². The maximum atomic E-state index is 13.3. The summed E-state index contributed by atoms with van der Waals surface area (Å²) in [6, 6.07) is 19.3. The molecule has 150 valence electrons. The Morgan fingerprint density at radius 1 is 1.07 bits per heavy atom. The summed E-state index contributed by atoms with van der Waals surface area (Å²) in [4.78, 5) is 16.7. The van der Waals surface area contributed by atoms with Crippen LogP contribution in [0.3, 0.4) is 0 Å². The van der Waals surface area contributed by atoms with E-state index in [-0.39, 0.29) is 11.7 Å². The minimum Gasteiger partial charge on any atom is -0.325 e. The van der Waals surface area contributed by atoms with E-state index in [4.69, 9.17) is 0 Å². The molecule has 6 nitrogen and oxygen atoms in total. The highest BCUT2D eigenvalue weighted by atomic mass is 32.2. The van der Waals surface area contributed by atoms with Gasteiger partial charge in [-0.05, 0) is 49.4 Å². The number of anilines is 1. The second-order valence-electron chi connectivity index (χ2n) is 6.54. The number of pyridine rings is 1. The normalized spacial score (nSPS) is 10.7. The van der Waals surface area contributed by atoms with Crippen LogP contribution < -0.4 is 5.32 Å². The van der Waals surface area contributed by atoms with Crippen LogP contribution >= 0.6 is 11.8 Å². The second-order valence-corrected chi connectivity index (χ2v) is 7.48. The van der Waals surface area contributed by atoms with E-state index in [9.17, 15) is 9.18 Å². The molecule has 0 aliphatic carbocycles. The zero-order chi connectivity index (χ0) is 20.9. The Hall–Kier alpha value is -3.52. The van der Waals surface area contributed by atoms with Crippen LogP contribution in [0.1, 0.15) is 5.56 Å². The first-order valence-electron chi connectivity index (χ1n) is 9.22. The fourth-order valence-electron chi connectivity index (χ4n) is 2.84. The molecule has 4 rings (SSSR count). The number of thioether (sulfide) groups is 1. The molecule has 8 heteroatoms. The Labute approximate surface area is 177 Å². The molecule has 1 amide bonds. The highest BCUT2D eigenvalue weighted by molar-refractivity contribution is 7.99. The number of benzene rings is 2. The van der Waals surface area contributed by atoms with Gasteiger partial charge in [-0.1, -0.05) is 41.6 Å². The number of halogens is 1. The maximum Gasteiger partial charge on any atom is 0.234 e. The van der Waals surface area contributed by atoms with Gasteiger partial charge in [-0.3, -0.25) is 14.3 Å². The van der Waals surface area contributed by atoms with Crippen molar-refractivity contribution in [3.8, 4) is 17.2 Å². The Morgan fingerprint density at radius 2 is 1.90 bits per heavy atom. The van der Waals surface area contributed by atoms with Gasteiger partial charge in [0.1, 0.15) is 11.5 Å². The number of aromatic nitrogens is 4. The van der Waals surface area contributed by atoms with Gasteiger partial charge in [0.25, 0.3) is 0 Å². The van der Waals surface area contributed by atoms with Gasteiger partial charge in [0, 0.05) is 17.6 Å². The summed E-state index contributed by atoms with van der Waals surface area (Å²) in [5.41, 5.74) is 3.10. The summed E-state index contributed by atoms with van der Waals surface area (Å²) in [6.45, 7) is 2.02. The maximum absolute atomic E-state index is 13.3. The highest BCUT2D eigenvalue weighted by Crippen LogP contribution is 2.27. The fraction of sp³-hybridized carbons (Fsp3) is 0.0909. The SMILES string of the molecule is Cc1ccc(-n2c(SCC(=O)Nc3cccc(F)c3)nnc2-c2ccccn2)cc1. The van der Waals surface area contributed by atoms with Crippen LogP contribution in [0.5, 0.6) is 0 Å². The number of hydrogen-bond acceptors (Lipinski definition) is 5. The first kappa shape index (κ1) is 19.8. The standard InChI is InChI=1S/C22H18FN5OS/c1-15-8-10-18(11-9-15)28-21(19-7-2-3-12-24-19)26-27-22(28)30-14-20(29)25-17-6-4-5-16(23)13-17/h2-13H,14H2,1H3,(H,25,29). The molecule has 0 unspecified atom stereocenters. The lowest BCUT2D eigenvalue weighted by molar-refractivity contribution is -0.113. The summed E-state index contributed by atoms with van der Waals surface area (Å²) < 4.78 is 15.2. The lowest BCUT2D eigenvalue weighted by atomic mass is 10.2. The van der Waals surface area contributed by atoms with Crippen molar-refractivity contribution >= 4 is 23.4 Å². The molecule has 0 spiro atoms. The van der Waals surface area contributed by atoms with Crippen molar-refractivity contribution < 1.29 is 9.18 Å². The molecule has 2 aromatic carbocycles. The van der Waals surface area contributed by atoms with Gasteiger partial charge in [0.05, 0.1) is 5.75 Å². The molecule has 0 saturated heterocycles. The van der Waals surface area contributed by atoms with Crippen molar-refractivity contribution in [2.45, 2.75) is 12.1 Å². The third-order valence-electron chi connectivity index (χ3n) is 4.26. The predicted octanol–water partition coefficient (Wildman–Crippen LogP) is 4.51. The molecule has 0 bridgehead atoms. The number of nitrogens with zero attached hydrogens (tertiary/aromatic N) is 4. The summed E-state index contributed by atoms with van der Waals surface area (Å²) >= 11 is 1.25. The van der Waals surface area contributed by atoms with Crippen LogP contribution in [0, 0.1) is 12.7 Å². The molecule has 0 saturated carbocycles. The largest absolute Gasteiger partial charge is 0.325 e. The first-order chi connectivity index (χ1) is 14.6. The topological polar surface area (TPSA) is 72.7 Å². The van der Waals surface area contributed by atoms with Crippen LogP contribution in [0.25, 0.3) is 17.2 Å². The zero-order valence-corrected chi connectivity index (χ0v) is 16.9. The average Bonchev–Trinajstić information content (AvgIpc) is 3.17. The monoisotopic (exact) mass is 419 g/mol. The Morgan fingerprint density at radius 3 is 2.63 bits per heavy atom. The molecule has 2 aromatic heterocycles. The van der Waals surface area contributed by atoms with Gasteiger partial charge in [-0.25, -0.2) is 4.39 Å². The lowest BCUT2D eigenvalue weighted by Crippen LogP contribution is -2.14. The van der Waals surface area contributed by atoms with Crippen LogP contribution in [-0.4, -0.2) is 31.4 Å².